The fraction of sp³-hybridized carbons (Fsp3) is 0.304. The summed E-state index contributed by atoms with van der Waals surface area (Å²) in [5.41, 5.74) is 1.26. The van der Waals surface area contributed by atoms with Crippen molar-refractivity contribution in [2.45, 2.75) is 31.5 Å². The highest BCUT2D eigenvalue weighted by Crippen LogP contribution is 2.14. The number of carbonyl (C=O) groups excluding carboxylic acids is 1. The van der Waals surface area contributed by atoms with Crippen LogP contribution in [0.3, 0.4) is 0 Å². The van der Waals surface area contributed by atoms with E-state index >= 15 is 0 Å². The molecule has 0 aliphatic carbocycles. The maximum atomic E-state index is 13.7. The van der Waals surface area contributed by atoms with Gasteiger partial charge in [0, 0.05) is 22.7 Å². The number of nitrogens with zero attached hydrogens (tertiary/aromatic N) is 1. The van der Waals surface area contributed by atoms with Crippen LogP contribution in [0.5, 0.6) is 0 Å². The Bertz CT molecular complexity index is 1280. The third kappa shape index (κ3) is 9.44. The SMILES string of the molecule is CS(=O)(=O)Nc1coc(CC(=O)N[C@@H](Cc2cc(F)cc(F)c2)[C@H](O)CNCc2cccc(I)c2)n1. The lowest BCUT2D eigenvalue weighted by Crippen LogP contribution is -2.49. The van der Waals surface area contributed by atoms with Gasteiger partial charge in [-0.3, -0.25) is 9.52 Å². The fourth-order valence-corrected chi connectivity index (χ4v) is 4.52. The van der Waals surface area contributed by atoms with E-state index < -0.39 is 39.7 Å². The molecule has 1 heterocycles. The van der Waals surface area contributed by atoms with Crippen LogP contribution in [0.25, 0.3) is 0 Å². The van der Waals surface area contributed by atoms with Crippen molar-refractivity contribution in [2.75, 3.05) is 17.5 Å². The maximum absolute atomic E-state index is 13.7. The quantitative estimate of drug-likeness (QED) is 0.225. The van der Waals surface area contributed by atoms with Gasteiger partial charge in [0.05, 0.1) is 18.4 Å². The number of sulfonamides is 1. The molecule has 0 bridgehead atoms. The van der Waals surface area contributed by atoms with Crippen LogP contribution in [0.4, 0.5) is 14.6 Å². The van der Waals surface area contributed by atoms with Crippen molar-refractivity contribution in [1.29, 1.82) is 0 Å². The number of halogens is 3. The van der Waals surface area contributed by atoms with Gasteiger partial charge in [-0.25, -0.2) is 17.2 Å². The number of nitrogens with one attached hydrogen (secondary N) is 3. The Balaban J connectivity index is 1.66. The highest BCUT2D eigenvalue weighted by Gasteiger charge is 2.23. The van der Waals surface area contributed by atoms with E-state index in [1.807, 2.05) is 24.3 Å². The molecule has 3 rings (SSSR count). The number of aromatic nitrogens is 1. The van der Waals surface area contributed by atoms with Crippen molar-refractivity contribution in [3.05, 3.63) is 80.9 Å². The van der Waals surface area contributed by atoms with Crippen LogP contribution in [0.2, 0.25) is 0 Å². The zero-order chi connectivity index (χ0) is 26.3. The molecule has 194 valence electrons. The molecule has 1 aromatic heterocycles. The summed E-state index contributed by atoms with van der Waals surface area (Å²) >= 11 is 2.20. The molecule has 0 saturated heterocycles. The third-order valence-electron chi connectivity index (χ3n) is 4.91. The first kappa shape index (κ1) is 28.0. The van der Waals surface area contributed by atoms with E-state index in [1.54, 1.807) is 0 Å². The molecule has 4 N–H and O–H groups in total. The molecule has 2 atom stereocenters. The number of aliphatic hydroxyl groups is 1. The van der Waals surface area contributed by atoms with Gasteiger partial charge >= 0.3 is 0 Å². The van der Waals surface area contributed by atoms with Crippen LogP contribution < -0.4 is 15.4 Å². The van der Waals surface area contributed by atoms with Crippen LogP contribution in [-0.2, 0) is 34.2 Å². The van der Waals surface area contributed by atoms with E-state index in [9.17, 15) is 27.1 Å². The topological polar surface area (TPSA) is 134 Å². The minimum Gasteiger partial charge on any atom is -0.446 e. The number of anilines is 1. The van der Waals surface area contributed by atoms with Gasteiger partial charge in [-0.2, -0.15) is 4.98 Å². The molecule has 36 heavy (non-hydrogen) atoms. The molecule has 0 aliphatic rings. The molecular weight excluding hydrogens is 609 g/mol. The van der Waals surface area contributed by atoms with Gasteiger partial charge in [0.2, 0.25) is 21.8 Å². The lowest BCUT2D eigenvalue weighted by atomic mass is 10.0. The fourth-order valence-electron chi connectivity index (χ4n) is 3.44. The van der Waals surface area contributed by atoms with E-state index in [4.69, 9.17) is 4.42 Å². The van der Waals surface area contributed by atoms with Crippen LogP contribution in [-0.4, -0.2) is 49.4 Å². The first-order valence-electron chi connectivity index (χ1n) is 10.8. The monoisotopic (exact) mass is 634 g/mol. The van der Waals surface area contributed by atoms with E-state index in [2.05, 4.69) is 42.9 Å². The average molecular weight is 634 g/mol. The summed E-state index contributed by atoms with van der Waals surface area (Å²) in [5, 5.41) is 16.6. The number of carbonyl (C=O) groups is 1. The van der Waals surface area contributed by atoms with Gasteiger partial charge in [-0.1, -0.05) is 12.1 Å². The molecule has 3 aromatic rings. The van der Waals surface area contributed by atoms with Gasteiger partial charge in [0.1, 0.15) is 24.3 Å². The minimum absolute atomic E-state index is 0.0427. The Morgan fingerprint density at radius 3 is 2.56 bits per heavy atom. The normalized spacial score (nSPS) is 13.2. The maximum Gasteiger partial charge on any atom is 0.231 e. The molecule has 13 heteroatoms. The molecular formula is C23H25F2IN4O5S. The Morgan fingerprint density at radius 1 is 1.17 bits per heavy atom. The molecule has 0 spiro atoms. The molecule has 0 fully saturated rings. The summed E-state index contributed by atoms with van der Waals surface area (Å²) in [7, 11) is -3.57. The van der Waals surface area contributed by atoms with Crippen LogP contribution >= 0.6 is 22.6 Å². The van der Waals surface area contributed by atoms with Crippen molar-refractivity contribution >= 4 is 44.3 Å². The second kappa shape index (κ2) is 12.6. The van der Waals surface area contributed by atoms with Crippen molar-refractivity contribution in [2.24, 2.45) is 0 Å². The number of hydrogen-bond acceptors (Lipinski definition) is 7. The zero-order valence-electron chi connectivity index (χ0n) is 19.2. The van der Waals surface area contributed by atoms with Gasteiger partial charge in [0.25, 0.3) is 0 Å². The number of amides is 1. The number of rotatable bonds is 12. The molecule has 2 aromatic carbocycles. The van der Waals surface area contributed by atoms with Crippen molar-refractivity contribution in [1.82, 2.24) is 15.6 Å². The summed E-state index contributed by atoms with van der Waals surface area (Å²) in [5.74, 6) is -2.26. The Kier molecular flexibility index (Phi) is 9.76. The first-order valence-corrected chi connectivity index (χ1v) is 13.7. The average Bonchev–Trinajstić information content (AvgIpc) is 3.17. The first-order chi connectivity index (χ1) is 17.0. The van der Waals surface area contributed by atoms with Gasteiger partial charge in [-0.05, 0) is 64.4 Å². The van der Waals surface area contributed by atoms with Crippen LogP contribution in [0.1, 0.15) is 17.0 Å². The molecule has 0 aliphatic heterocycles. The summed E-state index contributed by atoms with van der Waals surface area (Å²) < 4.78 is 58.3. The lowest BCUT2D eigenvalue weighted by Gasteiger charge is -2.25. The number of hydrogen-bond donors (Lipinski definition) is 4. The van der Waals surface area contributed by atoms with Gasteiger partial charge < -0.3 is 20.2 Å². The molecule has 0 saturated carbocycles. The predicted molar refractivity (Wildman–Crippen MR) is 138 cm³/mol. The largest absolute Gasteiger partial charge is 0.446 e. The van der Waals surface area contributed by atoms with E-state index in [-0.39, 0.29) is 36.7 Å². The number of aliphatic hydroxyl groups excluding tert-OH is 1. The van der Waals surface area contributed by atoms with E-state index in [0.29, 0.717) is 6.54 Å². The highest BCUT2D eigenvalue weighted by molar-refractivity contribution is 14.1. The summed E-state index contributed by atoms with van der Waals surface area (Å²) in [6, 6.07) is 9.88. The number of benzene rings is 2. The van der Waals surface area contributed by atoms with Crippen LogP contribution in [0, 0.1) is 15.2 Å². The van der Waals surface area contributed by atoms with Crippen LogP contribution in [0.15, 0.2) is 53.1 Å². The van der Waals surface area contributed by atoms with Gasteiger partial charge in [-0.15, -0.1) is 0 Å². The lowest BCUT2D eigenvalue weighted by molar-refractivity contribution is -0.122. The Labute approximate surface area is 220 Å². The molecule has 0 unspecified atom stereocenters. The van der Waals surface area contributed by atoms with E-state index in [0.717, 1.165) is 39.9 Å². The third-order valence-corrected chi connectivity index (χ3v) is 6.16. The molecule has 0 radical (unpaired) electrons. The summed E-state index contributed by atoms with van der Waals surface area (Å²) in [6.45, 7) is 0.561. The zero-order valence-corrected chi connectivity index (χ0v) is 22.1. The highest BCUT2D eigenvalue weighted by atomic mass is 127. The summed E-state index contributed by atoms with van der Waals surface area (Å²) in [4.78, 5) is 16.5. The Morgan fingerprint density at radius 2 is 1.89 bits per heavy atom. The molecule has 9 nitrogen and oxygen atoms in total. The smallest absolute Gasteiger partial charge is 0.231 e. The van der Waals surface area contributed by atoms with Crippen molar-refractivity contribution in [3.63, 3.8) is 0 Å². The van der Waals surface area contributed by atoms with Crippen molar-refractivity contribution in [3.8, 4) is 0 Å². The predicted octanol–water partition coefficient (Wildman–Crippen LogP) is 2.35. The second-order valence-electron chi connectivity index (χ2n) is 8.16. The van der Waals surface area contributed by atoms with Gasteiger partial charge in [0.15, 0.2) is 5.82 Å². The number of oxazole rings is 1. The summed E-state index contributed by atoms with van der Waals surface area (Å²) in [6.07, 6.45) is 0.512. The second-order valence-corrected chi connectivity index (χ2v) is 11.2. The van der Waals surface area contributed by atoms with Crippen molar-refractivity contribution < 1.29 is 31.5 Å². The standard InChI is InChI=1S/C23H25F2IN4O5S/c1-36(33,34)30-21-13-35-23(29-21)10-22(32)28-19(8-15-5-16(24)9-17(25)6-15)20(31)12-27-11-14-3-2-4-18(26)7-14/h2-7,9,13,19-20,27,30-31H,8,10-12H2,1H3,(H,28,32)/t19-,20+/m0/s1. The van der Waals surface area contributed by atoms with E-state index in [1.165, 1.54) is 0 Å². The molecule has 1 amide bonds. The Hall–Kier alpha value is -2.62. The minimum atomic E-state index is -3.57.